The van der Waals surface area contributed by atoms with Crippen LogP contribution in [0.1, 0.15) is 49.1 Å². The molecule has 2 amide bonds. The number of nitrogens with zero attached hydrogens (tertiary/aromatic N) is 4. The minimum atomic E-state index is -0.825. The van der Waals surface area contributed by atoms with E-state index < -0.39 is 6.04 Å². The second-order valence-electron chi connectivity index (χ2n) is 9.54. The van der Waals surface area contributed by atoms with Crippen molar-refractivity contribution in [3.8, 4) is 0 Å². The first-order valence-corrected chi connectivity index (χ1v) is 13.5. The highest BCUT2D eigenvalue weighted by atomic mass is 32.1. The highest BCUT2D eigenvalue weighted by Gasteiger charge is 2.34. The first kappa shape index (κ1) is 25.1. The largest absolute Gasteiger partial charge is 0.376 e. The number of hydrogen-bond donors (Lipinski definition) is 1. The molecule has 37 heavy (non-hydrogen) atoms. The van der Waals surface area contributed by atoms with Crippen molar-refractivity contribution >= 4 is 39.9 Å². The molecule has 9 heteroatoms. The predicted octanol–water partition coefficient (Wildman–Crippen LogP) is 4.69. The molecule has 5 rings (SSSR count). The van der Waals surface area contributed by atoms with Gasteiger partial charge in [0.15, 0.2) is 0 Å². The number of carbonyl (C=O) groups excluding carboxylic acids is 2. The van der Waals surface area contributed by atoms with Gasteiger partial charge in [-0.15, -0.1) is 16.4 Å². The van der Waals surface area contributed by atoms with E-state index in [4.69, 9.17) is 4.74 Å². The number of anilines is 1. The molecule has 2 atom stereocenters. The summed E-state index contributed by atoms with van der Waals surface area (Å²) in [5.74, 6) is -0.135. The van der Waals surface area contributed by atoms with Gasteiger partial charge in [-0.25, -0.2) is 4.68 Å². The summed E-state index contributed by atoms with van der Waals surface area (Å²) in [5.41, 5.74) is 3.30. The van der Waals surface area contributed by atoms with Crippen molar-refractivity contribution in [2.45, 2.75) is 51.3 Å². The van der Waals surface area contributed by atoms with E-state index in [1.165, 1.54) is 11.3 Å². The van der Waals surface area contributed by atoms with Crippen LogP contribution < -0.4 is 10.2 Å². The second kappa shape index (κ2) is 11.2. The van der Waals surface area contributed by atoms with Gasteiger partial charge in [0.05, 0.1) is 11.6 Å². The Morgan fingerprint density at radius 2 is 1.95 bits per heavy atom. The molecule has 0 aliphatic carbocycles. The third kappa shape index (κ3) is 5.57. The molecular weight excluding hydrogens is 486 g/mol. The molecule has 1 fully saturated rings. The van der Waals surface area contributed by atoms with Crippen LogP contribution in [-0.4, -0.2) is 46.1 Å². The van der Waals surface area contributed by atoms with Gasteiger partial charge in [-0.1, -0.05) is 49.4 Å². The normalized spacial score (nSPS) is 16.2. The summed E-state index contributed by atoms with van der Waals surface area (Å²) in [6.45, 7) is 5.34. The highest BCUT2D eigenvalue weighted by molar-refractivity contribution is 7.10. The maximum Gasteiger partial charge on any atom is 0.249 e. The number of amides is 2. The zero-order valence-electron chi connectivity index (χ0n) is 21.0. The predicted molar refractivity (Wildman–Crippen MR) is 145 cm³/mol. The molecule has 4 aromatic rings. The average Bonchev–Trinajstić information content (AvgIpc) is 3.69. The number of thiophene rings is 1. The van der Waals surface area contributed by atoms with Crippen molar-refractivity contribution in [2.75, 3.05) is 18.1 Å². The van der Waals surface area contributed by atoms with Gasteiger partial charge in [0.2, 0.25) is 11.8 Å². The van der Waals surface area contributed by atoms with Gasteiger partial charge < -0.3 is 10.1 Å². The van der Waals surface area contributed by atoms with Crippen LogP contribution in [0.3, 0.4) is 0 Å². The second-order valence-corrected chi connectivity index (χ2v) is 10.5. The van der Waals surface area contributed by atoms with Gasteiger partial charge in [0.25, 0.3) is 0 Å². The Balaban J connectivity index is 1.50. The summed E-state index contributed by atoms with van der Waals surface area (Å²) < 4.78 is 7.29. The van der Waals surface area contributed by atoms with Crippen molar-refractivity contribution in [1.29, 1.82) is 0 Å². The fourth-order valence-corrected chi connectivity index (χ4v) is 5.45. The molecule has 8 nitrogen and oxygen atoms in total. The monoisotopic (exact) mass is 517 g/mol. The smallest absolute Gasteiger partial charge is 0.249 e. The minimum absolute atomic E-state index is 0.00363. The van der Waals surface area contributed by atoms with E-state index in [-0.39, 0.29) is 24.5 Å². The first-order chi connectivity index (χ1) is 18.0. The molecule has 0 spiro atoms. The molecule has 1 saturated heterocycles. The molecule has 0 radical (unpaired) electrons. The van der Waals surface area contributed by atoms with Gasteiger partial charge in [0, 0.05) is 23.7 Å². The van der Waals surface area contributed by atoms with Crippen molar-refractivity contribution in [2.24, 2.45) is 0 Å². The SMILES string of the molecule is CC(C)c1ccc(N(C(=O)Cn2nnc3ccccc32)C(C(=O)NCC2CCCO2)c2cccs2)cc1. The highest BCUT2D eigenvalue weighted by Crippen LogP contribution is 2.32. The van der Waals surface area contributed by atoms with Crippen molar-refractivity contribution in [1.82, 2.24) is 20.3 Å². The standard InChI is InChI=1S/C28H31N5O3S/c1-19(2)20-11-13-21(14-12-20)33(26(34)18-32-24-9-4-3-8-23(24)30-31-32)27(25-10-6-16-37-25)28(35)29-17-22-7-5-15-36-22/h3-4,6,8-14,16,19,22,27H,5,7,15,17-18H2,1-2H3,(H,29,35). The summed E-state index contributed by atoms with van der Waals surface area (Å²) >= 11 is 1.46. The average molecular weight is 518 g/mol. The molecule has 1 aliphatic heterocycles. The van der Waals surface area contributed by atoms with Crippen LogP contribution in [0.2, 0.25) is 0 Å². The van der Waals surface area contributed by atoms with E-state index in [1.54, 1.807) is 9.58 Å². The lowest BCUT2D eigenvalue weighted by Crippen LogP contribution is -2.46. The zero-order valence-corrected chi connectivity index (χ0v) is 21.9. The Kier molecular flexibility index (Phi) is 7.62. The fraction of sp³-hybridized carbons (Fsp3) is 0.357. The summed E-state index contributed by atoms with van der Waals surface area (Å²) in [5, 5.41) is 13.4. The summed E-state index contributed by atoms with van der Waals surface area (Å²) in [6.07, 6.45) is 1.92. The van der Waals surface area contributed by atoms with Crippen LogP contribution in [-0.2, 0) is 20.9 Å². The molecule has 2 aromatic carbocycles. The van der Waals surface area contributed by atoms with E-state index in [0.29, 0.717) is 30.3 Å². The van der Waals surface area contributed by atoms with Crippen LogP contribution >= 0.6 is 11.3 Å². The molecule has 0 bridgehead atoms. The lowest BCUT2D eigenvalue weighted by molar-refractivity contribution is -0.127. The van der Waals surface area contributed by atoms with Crippen LogP contribution in [0.5, 0.6) is 0 Å². The Morgan fingerprint density at radius 1 is 1.14 bits per heavy atom. The number of aromatic nitrogens is 3. The van der Waals surface area contributed by atoms with Crippen LogP contribution in [0.25, 0.3) is 11.0 Å². The number of fused-ring (bicyclic) bond motifs is 1. The topological polar surface area (TPSA) is 89.4 Å². The quantitative estimate of drug-likeness (QED) is 0.348. The lowest BCUT2D eigenvalue weighted by atomic mass is 10.0. The molecule has 1 N–H and O–H groups in total. The van der Waals surface area contributed by atoms with E-state index in [2.05, 4.69) is 29.5 Å². The molecular formula is C28H31N5O3S. The Hall–Kier alpha value is -3.56. The fourth-order valence-electron chi connectivity index (χ4n) is 4.63. The molecule has 1 aliphatic rings. The number of hydrogen-bond acceptors (Lipinski definition) is 6. The lowest BCUT2D eigenvalue weighted by Gasteiger charge is -2.31. The summed E-state index contributed by atoms with van der Waals surface area (Å²) in [6, 6.07) is 18.4. The van der Waals surface area contributed by atoms with Gasteiger partial charge in [-0.3, -0.25) is 14.5 Å². The number of para-hydroxylation sites is 1. The Morgan fingerprint density at radius 3 is 2.65 bits per heavy atom. The number of rotatable bonds is 9. The Bertz CT molecular complexity index is 1340. The van der Waals surface area contributed by atoms with Gasteiger partial charge in [-0.05, 0) is 60.0 Å². The number of carbonyl (C=O) groups is 2. The molecule has 2 aromatic heterocycles. The first-order valence-electron chi connectivity index (χ1n) is 12.6. The van der Waals surface area contributed by atoms with Gasteiger partial charge >= 0.3 is 0 Å². The maximum absolute atomic E-state index is 14.0. The van der Waals surface area contributed by atoms with Gasteiger partial charge in [-0.2, -0.15) is 0 Å². The minimum Gasteiger partial charge on any atom is -0.376 e. The molecule has 3 heterocycles. The summed E-state index contributed by atoms with van der Waals surface area (Å²) in [7, 11) is 0. The van der Waals surface area contributed by atoms with Crippen LogP contribution in [0.15, 0.2) is 66.0 Å². The van der Waals surface area contributed by atoms with Gasteiger partial charge in [0.1, 0.15) is 18.1 Å². The van der Waals surface area contributed by atoms with Crippen molar-refractivity contribution < 1.29 is 14.3 Å². The van der Waals surface area contributed by atoms with Crippen LogP contribution in [0, 0.1) is 0 Å². The maximum atomic E-state index is 14.0. The third-order valence-electron chi connectivity index (χ3n) is 6.66. The number of nitrogens with one attached hydrogen (secondary N) is 1. The van der Waals surface area contributed by atoms with Crippen molar-refractivity contribution in [3.05, 3.63) is 76.5 Å². The molecule has 0 saturated carbocycles. The van der Waals surface area contributed by atoms with Crippen LogP contribution in [0.4, 0.5) is 5.69 Å². The van der Waals surface area contributed by atoms with E-state index in [0.717, 1.165) is 28.8 Å². The number of ether oxygens (including phenoxy) is 1. The van der Waals surface area contributed by atoms with E-state index in [9.17, 15) is 9.59 Å². The van der Waals surface area contributed by atoms with E-state index >= 15 is 0 Å². The number of benzene rings is 2. The molecule has 192 valence electrons. The Labute approximate surface area is 220 Å². The van der Waals surface area contributed by atoms with E-state index in [1.807, 2.05) is 66.0 Å². The summed E-state index contributed by atoms with van der Waals surface area (Å²) in [4.78, 5) is 30.1. The van der Waals surface area contributed by atoms with Crippen molar-refractivity contribution in [3.63, 3.8) is 0 Å². The zero-order chi connectivity index (χ0) is 25.8. The third-order valence-corrected chi connectivity index (χ3v) is 7.58. The molecule has 2 unspecified atom stereocenters.